The van der Waals surface area contributed by atoms with Crippen LogP contribution in [0.5, 0.6) is 0 Å². The van der Waals surface area contributed by atoms with E-state index in [0.717, 1.165) is 6.07 Å². The van der Waals surface area contributed by atoms with Gasteiger partial charge in [0.2, 0.25) is 0 Å². The molecule has 1 amide bonds. The number of carbonyl (C=O) groups excluding carboxylic acids is 1. The summed E-state index contributed by atoms with van der Waals surface area (Å²) in [5.41, 5.74) is 5.92. The number of nitrogen functional groups attached to an aromatic ring is 1. The van der Waals surface area contributed by atoms with Gasteiger partial charge in [-0.2, -0.15) is 0 Å². The van der Waals surface area contributed by atoms with Crippen molar-refractivity contribution in [2.24, 2.45) is 0 Å². The molecule has 3 N–H and O–H groups in total. The molecule has 0 fully saturated rings. The highest BCUT2D eigenvalue weighted by Crippen LogP contribution is 2.10. The standard InChI is InChI=1S/C13H19FN2O3/c1-18-5-6-19-4-2-3-16-13(17)10-7-11(14)9-12(15)8-10/h7-9H,2-6,15H2,1H3,(H,16,17). The maximum absolute atomic E-state index is 13.1. The summed E-state index contributed by atoms with van der Waals surface area (Å²) in [7, 11) is 1.61. The van der Waals surface area contributed by atoms with Crippen molar-refractivity contribution in [1.29, 1.82) is 0 Å². The molecule has 5 nitrogen and oxygen atoms in total. The molecular formula is C13H19FN2O3. The minimum Gasteiger partial charge on any atom is -0.399 e. The van der Waals surface area contributed by atoms with Crippen molar-refractivity contribution >= 4 is 11.6 Å². The van der Waals surface area contributed by atoms with Crippen LogP contribution in [-0.2, 0) is 9.47 Å². The maximum atomic E-state index is 13.1. The van der Waals surface area contributed by atoms with Gasteiger partial charge >= 0.3 is 0 Å². The lowest BCUT2D eigenvalue weighted by Gasteiger charge is -2.07. The van der Waals surface area contributed by atoms with Crippen molar-refractivity contribution < 1.29 is 18.7 Å². The molecule has 106 valence electrons. The predicted molar refractivity (Wildman–Crippen MR) is 70.5 cm³/mol. The minimum atomic E-state index is -0.520. The van der Waals surface area contributed by atoms with Gasteiger partial charge < -0.3 is 20.5 Å². The van der Waals surface area contributed by atoms with Gasteiger partial charge in [0.15, 0.2) is 0 Å². The third-order valence-corrected chi connectivity index (χ3v) is 2.37. The Bertz CT molecular complexity index is 393. The van der Waals surface area contributed by atoms with Gasteiger partial charge in [0, 0.05) is 31.5 Å². The summed E-state index contributed by atoms with van der Waals surface area (Å²) < 4.78 is 23.1. The summed E-state index contributed by atoms with van der Waals surface area (Å²) >= 11 is 0. The molecule has 0 saturated heterocycles. The van der Waals surface area contributed by atoms with E-state index in [1.54, 1.807) is 7.11 Å². The Morgan fingerprint density at radius 3 is 2.79 bits per heavy atom. The number of nitrogens with two attached hydrogens (primary N) is 1. The number of hydrogen-bond donors (Lipinski definition) is 2. The van der Waals surface area contributed by atoms with Crippen molar-refractivity contribution in [3.8, 4) is 0 Å². The third-order valence-electron chi connectivity index (χ3n) is 2.37. The quantitative estimate of drug-likeness (QED) is 0.550. The molecule has 0 aliphatic carbocycles. The van der Waals surface area contributed by atoms with Crippen LogP contribution in [0.2, 0.25) is 0 Å². The normalized spacial score (nSPS) is 10.4. The fourth-order valence-corrected chi connectivity index (χ4v) is 1.47. The first kappa shape index (κ1) is 15.4. The summed E-state index contributed by atoms with van der Waals surface area (Å²) in [6.07, 6.45) is 0.681. The van der Waals surface area contributed by atoms with Gasteiger partial charge in [-0.25, -0.2) is 4.39 Å². The molecule has 0 bridgehead atoms. The van der Waals surface area contributed by atoms with Gasteiger partial charge in [0.1, 0.15) is 5.82 Å². The van der Waals surface area contributed by atoms with E-state index in [2.05, 4.69) is 5.32 Å². The molecule has 1 aromatic rings. The molecule has 0 unspecified atom stereocenters. The number of ether oxygens (including phenoxy) is 2. The predicted octanol–water partition coefficient (Wildman–Crippen LogP) is 1.19. The third kappa shape index (κ3) is 6.17. The van der Waals surface area contributed by atoms with Crippen LogP contribution in [0.3, 0.4) is 0 Å². The Labute approximate surface area is 111 Å². The number of amides is 1. The van der Waals surface area contributed by atoms with Crippen molar-refractivity contribution in [2.75, 3.05) is 39.2 Å². The zero-order valence-electron chi connectivity index (χ0n) is 10.9. The number of benzene rings is 1. The molecule has 0 spiro atoms. The molecular weight excluding hydrogens is 251 g/mol. The van der Waals surface area contributed by atoms with E-state index < -0.39 is 5.82 Å². The van der Waals surface area contributed by atoms with Crippen LogP contribution in [0, 0.1) is 5.82 Å². The van der Waals surface area contributed by atoms with Gasteiger partial charge in [0.05, 0.1) is 13.2 Å². The van der Waals surface area contributed by atoms with Crippen LogP contribution in [0.4, 0.5) is 10.1 Å². The first-order valence-corrected chi connectivity index (χ1v) is 6.04. The number of hydrogen-bond acceptors (Lipinski definition) is 4. The Morgan fingerprint density at radius 1 is 1.32 bits per heavy atom. The fraction of sp³-hybridized carbons (Fsp3) is 0.462. The molecule has 1 rings (SSSR count). The van der Waals surface area contributed by atoms with E-state index in [1.807, 2.05) is 0 Å². The Morgan fingerprint density at radius 2 is 2.11 bits per heavy atom. The van der Waals surface area contributed by atoms with Crippen molar-refractivity contribution in [1.82, 2.24) is 5.32 Å². The molecule has 0 saturated carbocycles. The largest absolute Gasteiger partial charge is 0.399 e. The highest BCUT2D eigenvalue weighted by Gasteiger charge is 2.07. The Balaban J connectivity index is 2.24. The van der Waals surface area contributed by atoms with Crippen LogP contribution in [0.15, 0.2) is 18.2 Å². The fourth-order valence-electron chi connectivity index (χ4n) is 1.47. The van der Waals surface area contributed by atoms with E-state index in [9.17, 15) is 9.18 Å². The van der Waals surface area contributed by atoms with Crippen LogP contribution < -0.4 is 11.1 Å². The number of nitrogens with one attached hydrogen (secondary N) is 1. The highest BCUT2D eigenvalue weighted by molar-refractivity contribution is 5.95. The van der Waals surface area contributed by atoms with E-state index in [0.29, 0.717) is 32.8 Å². The second kappa shape index (κ2) is 8.44. The molecule has 1 aromatic carbocycles. The van der Waals surface area contributed by atoms with Crippen LogP contribution >= 0.6 is 0 Å². The van der Waals surface area contributed by atoms with E-state index in [4.69, 9.17) is 15.2 Å². The van der Waals surface area contributed by atoms with E-state index in [-0.39, 0.29) is 17.2 Å². The monoisotopic (exact) mass is 270 g/mol. The summed E-state index contributed by atoms with van der Waals surface area (Å²) in [5, 5.41) is 2.67. The number of carbonyl (C=O) groups is 1. The summed E-state index contributed by atoms with van der Waals surface area (Å²) in [6.45, 7) is 2.08. The van der Waals surface area contributed by atoms with Gasteiger partial charge in [-0.1, -0.05) is 0 Å². The topological polar surface area (TPSA) is 73.6 Å². The average molecular weight is 270 g/mol. The zero-order chi connectivity index (χ0) is 14.1. The number of anilines is 1. The molecule has 6 heteroatoms. The van der Waals surface area contributed by atoms with Gasteiger partial charge in [0.25, 0.3) is 5.91 Å². The lowest BCUT2D eigenvalue weighted by atomic mass is 10.2. The van der Waals surface area contributed by atoms with Gasteiger partial charge in [-0.3, -0.25) is 4.79 Å². The summed E-state index contributed by atoms with van der Waals surface area (Å²) in [5.74, 6) is -0.865. The van der Waals surface area contributed by atoms with Crippen molar-refractivity contribution in [3.63, 3.8) is 0 Å². The average Bonchev–Trinajstić information content (AvgIpc) is 2.36. The van der Waals surface area contributed by atoms with Crippen LogP contribution in [-0.4, -0.2) is 39.4 Å². The smallest absolute Gasteiger partial charge is 0.251 e. The van der Waals surface area contributed by atoms with Crippen LogP contribution in [0.1, 0.15) is 16.8 Å². The van der Waals surface area contributed by atoms with Gasteiger partial charge in [-0.05, 0) is 24.6 Å². The zero-order valence-corrected chi connectivity index (χ0v) is 10.9. The molecule has 0 aliphatic rings. The number of halogens is 1. The number of rotatable bonds is 8. The van der Waals surface area contributed by atoms with Crippen molar-refractivity contribution in [2.45, 2.75) is 6.42 Å². The maximum Gasteiger partial charge on any atom is 0.251 e. The van der Waals surface area contributed by atoms with E-state index in [1.165, 1.54) is 12.1 Å². The first-order valence-electron chi connectivity index (χ1n) is 6.04. The number of methoxy groups -OCH3 is 1. The second-order valence-electron chi connectivity index (χ2n) is 3.99. The van der Waals surface area contributed by atoms with Gasteiger partial charge in [-0.15, -0.1) is 0 Å². The Hall–Kier alpha value is -1.66. The highest BCUT2D eigenvalue weighted by atomic mass is 19.1. The van der Waals surface area contributed by atoms with Crippen molar-refractivity contribution in [3.05, 3.63) is 29.6 Å². The molecule has 0 aromatic heterocycles. The molecule has 0 radical (unpaired) electrons. The lowest BCUT2D eigenvalue weighted by molar-refractivity contribution is 0.0688. The summed E-state index contributed by atoms with van der Waals surface area (Å²) in [6, 6.07) is 3.76. The Kier molecular flexibility index (Phi) is 6.84. The lowest BCUT2D eigenvalue weighted by Crippen LogP contribution is -2.25. The molecule has 0 aliphatic heterocycles. The second-order valence-corrected chi connectivity index (χ2v) is 3.99. The molecule has 19 heavy (non-hydrogen) atoms. The molecule has 0 atom stereocenters. The molecule has 0 heterocycles. The minimum absolute atomic E-state index is 0.220. The van der Waals surface area contributed by atoms with E-state index >= 15 is 0 Å². The first-order chi connectivity index (χ1) is 9.13. The SMILES string of the molecule is COCCOCCCNC(=O)c1cc(N)cc(F)c1. The summed E-state index contributed by atoms with van der Waals surface area (Å²) in [4.78, 5) is 11.7. The van der Waals surface area contributed by atoms with Crippen LogP contribution in [0.25, 0.3) is 0 Å².